The number of benzene rings is 5. The zero-order chi connectivity index (χ0) is 26.7. The third-order valence-electron chi connectivity index (χ3n) is 7.29. The first-order valence-corrected chi connectivity index (χ1v) is 14.2. The number of aliphatic hydroxyl groups is 1. The van der Waals surface area contributed by atoms with E-state index < -0.39 is 11.5 Å². The van der Waals surface area contributed by atoms with Crippen molar-refractivity contribution in [1.29, 1.82) is 0 Å². The third kappa shape index (κ3) is 5.19. The van der Waals surface area contributed by atoms with Crippen LogP contribution in [0.4, 0.5) is 0 Å². The Labute approximate surface area is 237 Å². The van der Waals surface area contributed by atoms with Crippen LogP contribution in [0.5, 0.6) is 5.75 Å². The highest BCUT2D eigenvalue weighted by atomic mass is 79.9. The number of hydrogen-bond acceptors (Lipinski definition) is 3. The molecule has 194 valence electrons. The van der Waals surface area contributed by atoms with Crippen molar-refractivity contribution in [2.75, 3.05) is 26.2 Å². The number of nitrogens with zero attached hydrogens (tertiary/aromatic N) is 1. The molecule has 38 heavy (non-hydrogen) atoms. The van der Waals surface area contributed by atoms with Gasteiger partial charge in [0.1, 0.15) is 16.9 Å². The molecule has 3 nitrogen and oxygen atoms in total. The van der Waals surface area contributed by atoms with Gasteiger partial charge in [-0.2, -0.15) is 0 Å². The minimum atomic E-state index is -1.29. The Bertz CT molecular complexity index is 1560. The summed E-state index contributed by atoms with van der Waals surface area (Å²) < 4.78 is 6.18. The topological polar surface area (TPSA) is 32.7 Å². The first kappa shape index (κ1) is 26.7. The van der Waals surface area contributed by atoms with Gasteiger partial charge in [0.2, 0.25) is 0 Å². The van der Waals surface area contributed by atoms with Gasteiger partial charge in [-0.05, 0) is 87.3 Å². The highest BCUT2D eigenvalue weighted by molar-refractivity contribution is 9.09. The van der Waals surface area contributed by atoms with Gasteiger partial charge in [0.15, 0.2) is 0 Å². The zero-order valence-electron chi connectivity index (χ0n) is 21.6. The van der Waals surface area contributed by atoms with Crippen LogP contribution in [-0.2, 0) is 5.60 Å². The molecule has 1 N–H and O–H groups in total. The van der Waals surface area contributed by atoms with Gasteiger partial charge in [0, 0.05) is 23.0 Å². The quantitative estimate of drug-likeness (QED) is 0.176. The van der Waals surface area contributed by atoms with E-state index in [-0.39, 0.29) is 0 Å². The molecule has 0 radical (unpaired) electrons. The van der Waals surface area contributed by atoms with Crippen LogP contribution in [0.15, 0.2) is 103 Å². The van der Waals surface area contributed by atoms with Crippen LogP contribution in [0.25, 0.3) is 21.5 Å². The lowest BCUT2D eigenvalue weighted by Gasteiger charge is -2.40. The smallest absolute Gasteiger partial charge is 0.143 e. The van der Waals surface area contributed by atoms with Crippen LogP contribution in [0, 0.1) is 0 Å². The second-order valence-corrected chi connectivity index (χ2v) is 10.8. The number of ether oxygens (including phenoxy) is 1. The molecule has 0 aliphatic rings. The van der Waals surface area contributed by atoms with E-state index in [0.29, 0.717) is 23.5 Å². The van der Waals surface area contributed by atoms with Crippen LogP contribution < -0.4 is 4.74 Å². The maximum atomic E-state index is 13.2. The van der Waals surface area contributed by atoms with E-state index in [0.717, 1.165) is 44.0 Å². The van der Waals surface area contributed by atoms with Crippen LogP contribution in [-0.4, -0.2) is 36.2 Å². The Morgan fingerprint density at radius 2 is 1.50 bits per heavy atom. The fourth-order valence-corrected chi connectivity index (χ4v) is 6.00. The Morgan fingerprint density at radius 1 is 0.842 bits per heavy atom. The van der Waals surface area contributed by atoms with Gasteiger partial charge < -0.3 is 14.7 Å². The van der Waals surface area contributed by atoms with Gasteiger partial charge >= 0.3 is 0 Å². The van der Waals surface area contributed by atoms with Gasteiger partial charge in [-0.25, -0.2) is 0 Å². The minimum absolute atomic E-state index is 0.338. The summed E-state index contributed by atoms with van der Waals surface area (Å²) in [6.45, 7) is 0.691. The molecule has 0 heterocycles. The largest absolute Gasteiger partial charge is 0.482 e. The molecule has 0 saturated heterocycles. The Balaban J connectivity index is 1.90. The van der Waals surface area contributed by atoms with Crippen molar-refractivity contribution >= 4 is 49.1 Å². The van der Waals surface area contributed by atoms with Crippen LogP contribution in [0.3, 0.4) is 0 Å². The second kappa shape index (κ2) is 11.5. The molecule has 0 bridgehead atoms. The summed E-state index contributed by atoms with van der Waals surface area (Å²) in [4.78, 5) is 2.12. The normalized spacial score (nSPS) is 14.1. The molecule has 0 spiro atoms. The maximum absolute atomic E-state index is 13.2. The second-order valence-electron chi connectivity index (χ2n) is 9.94. The summed E-state index contributed by atoms with van der Waals surface area (Å²) in [6, 6.07) is 34.7. The fraction of sp³-hybridized carbons (Fsp3) is 0.212. The molecular weight excluding hydrogens is 558 g/mol. The van der Waals surface area contributed by atoms with Gasteiger partial charge in [0.25, 0.3) is 0 Å². The maximum Gasteiger partial charge on any atom is 0.143 e. The van der Waals surface area contributed by atoms with E-state index >= 15 is 0 Å². The average Bonchev–Trinajstić information content (AvgIpc) is 2.93. The standard InChI is InChI=1S/C33H31BrClNO2/c1-36(2)20-19-33(37,29-16-8-11-23-9-3-5-14-27(23)29)32(25-12-7-13-26(35)21-25)31-28-15-6-4-10-24(28)17-18-30(31)38-22-34/h3-18,21,32,37H,19-20,22H2,1-2H3. The number of fused-ring (bicyclic) bond motifs is 2. The van der Waals surface area contributed by atoms with Gasteiger partial charge in [0.05, 0.1) is 0 Å². The molecule has 0 saturated carbocycles. The number of alkyl halides is 1. The monoisotopic (exact) mass is 587 g/mol. The molecule has 5 rings (SSSR count). The lowest BCUT2D eigenvalue weighted by atomic mass is 9.69. The van der Waals surface area contributed by atoms with Crippen molar-refractivity contribution in [3.05, 3.63) is 125 Å². The molecule has 0 aliphatic carbocycles. The predicted molar refractivity (Wildman–Crippen MR) is 163 cm³/mol. The minimum Gasteiger partial charge on any atom is -0.482 e. The zero-order valence-corrected chi connectivity index (χ0v) is 23.9. The number of hydrogen-bond donors (Lipinski definition) is 1. The Hall–Kier alpha value is -2.89. The average molecular weight is 589 g/mol. The summed E-state index contributed by atoms with van der Waals surface area (Å²) in [5, 5.41) is 18.1. The van der Waals surface area contributed by atoms with E-state index in [2.05, 4.69) is 69.4 Å². The van der Waals surface area contributed by atoms with Crippen molar-refractivity contribution in [3.8, 4) is 5.75 Å². The lowest BCUT2D eigenvalue weighted by molar-refractivity contribution is 0.00567. The third-order valence-corrected chi connectivity index (χ3v) is 7.75. The Morgan fingerprint density at radius 3 is 2.21 bits per heavy atom. The molecule has 2 atom stereocenters. The highest BCUT2D eigenvalue weighted by Crippen LogP contribution is 2.51. The fourth-order valence-electron chi connectivity index (χ4n) is 5.56. The van der Waals surface area contributed by atoms with Gasteiger partial charge in [-0.15, -0.1) is 0 Å². The molecule has 0 fully saturated rings. The van der Waals surface area contributed by atoms with Crippen LogP contribution >= 0.6 is 27.5 Å². The predicted octanol–water partition coefficient (Wildman–Crippen LogP) is 8.35. The van der Waals surface area contributed by atoms with Crippen molar-refractivity contribution in [2.24, 2.45) is 0 Å². The van der Waals surface area contributed by atoms with E-state index in [1.54, 1.807) is 0 Å². The molecule has 5 aromatic rings. The van der Waals surface area contributed by atoms with Crippen molar-refractivity contribution in [2.45, 2.75) is 17.9 Å². The van der Waals surface area contributed by atoms with Gasteiger partial charge in [-0.3, -0.25) is 0 Å². The first-order valence-electron chi connectivity index (χ1n) is 12.7. The number of halogens is 2. The SMILES string of the molecule is CN(C)CCC(O)(c1cccc2ccccc12)C(c1cccc(Cl)c1)c1c(OCBr)ccc2ccccc12. The summed E-state index contributed by atoms with van der Waals surface area (Å²) >= 11 is 10.1. The van der Waals surface area contributed by atoms with Crippen molar-refractivity contribution in [1.82, 2.24) is 4.90 Å². The molecule has 0 amide bonds. The first-order chi connectivity index (χ1) is 18.4. The lowest BCUT2D eigenvalue weighted by Crippen LogP contribution is -2.38. The molecule has 5 aromatic carbocycles. The van der Waals surface area contributed by atoms with Crippen LogP contribution in [0.2, 0.25) is 5.02 Å². The summed E-state index contributed by atoms with van der Waals surface area (Å²) in [5.74, 6) is 0.265. The molecule has 2 unspecified atom stereocenters. The van der Waals surface area contributed by atoms with E-state index in [1.165, 1.54) is 0 Å². The Kier molecular flexibility index (Phi) is 8.06. The summed E-state index contributed by atoms with van der Waals surface area (Å²) in [5.41, 5.74) is 1.82. The molecule has 5 heteroatoms. The van der Waals surface area contributed by atoms with Crippen molar-refractivity contribution < 1.29 is 9.84 Å². The van der Waals surface area contributed by atoms with Gasteiger partial charge in [-0.1, -0.05) is 96.5 Å². The van der Waals surface area contributed by atoms with Crippen LogP contribution in [0.1, 0.15) is 29.0 Å². The highest BCUT2D eigenvalue weighted by Gasteiger charge is 2.43. The molecular formula is C33H31BrClNO2. The van der Waals surface area contributed by atoms with E-state index in [9.17, 15) is 5.11 Å². The summed E-state index contributed by atoms with van der Waals surface area (Å²) in [7, 11) is 4.07. The number of rotatable bonds is 9. The summed E-state index contributed by atoms with van der Waals surface area (Å²) in [6.07, 6.45) is 0.502. The van der Waals surface area contributed by atoms with Crippen molar-refractivity contribution in [3.63, 3.8) is 0 Å². The molecule has 0 aromatic heterocycles. The molecule has 0 aliphatic heterocycles. The van der Waals surface area contributed by atoms with E-state index in [4.69, 9.17) is 16.3 Å². The van der Waals surface area contributed by atoms with E-state index in [1.807, 2.05) is 68.7 Å².